The van der Waals surface area contributed by atoms with Gasteiger partial charge in [0.2, 0.25) is 0 Å². The third kappa shape index (κ3) is 3.63. The standard InChI is InChI=1S/C20H22FN3O4/c1-3-12-5-6-15(14(21)11-12)23-18-16(19(26)22-8-4-9-25)17-13(7-10-28-17)20(27)24(18)2/h5-7,10-11,23,25H,3-4,8-9H2,1-2H3,(H,22,26). The Bertz CT molecular complexity index is 1070. The van der Waals surface area contributed by atoms with Crippen LogP contribution in [0.5, 0.6) is 0 Å². The molecule has 0 atom stereocenters. The first-order valence-corrected chi connectivity index (χ1v) is 9.02. The molecule has 0 spiro atoms. The molecule has 1 aromatic carbocycles. The molecule has 3 rings (SSSR count). The predicted molar refractivity (Wildman–Crippen MR) is 105 cm³/mol. The topological polar surface area (TPSA) is 96.5 Å². The second-order valence-electron chi connectivity index (χ2n) is 6.38. The summed E-state index contributed by atoms with van der Waals surface area (Å²) in [7, 11) is 1.50. The molecular formula is C20H22FN3O4. The van der Waals surface area contributed by atoms with Gasteiger partial charge in [-0.25, -0.2) is 4.39 Å². The predicted octanol–water partition coefficient (Wildman–Crippen LogP) is 2.69. The van der Waals surface area contributed by atoms with E-state index in [1.807, 2.05) is 6.92 Å². The van der Waals surface area contributed by atoms with E-state index in [4.69, 9.17) is 9.52 Å². The minimum Gasteiger partial charge on any atom is -0.463 e. The van der Waals surface area contributed by atoms with Gasteiger partial charge < -0.3 is 20.2 Å². The number of hydrogen-bond acceptors (Lipinski definition) is 5. The first-order chi connectivity index (χ1) is 13.5. The van der Waals surface area contributed by atoms with Crippen LogP contribution in [0.25, 0.3) is 11.0 Å². The van der Waals surface area contributed by atoms with E-state index in [-0.39, 0.29) is 46.7 Å². The number of hydrogen-bond donors (Lipinski definition) is 3. The van der Waals surface area contributed by atoms with Crippen molar-refractivity contribution in [2.24, 2.45) is 7.05 Å². The molecule has 3 aromatic rings. The van der Waals surface area contributed by atoms with Crippen LogP contribution < -0.4 is 16.2 Å². The smallest absolute Gasteiger partial charge is 0.263 e. The number of aliphatic hydroxyl groups is 1. The molecule has 0 unspecified atom stereocenters. The summed E-state index contributed by atoms with van der Waals surface area (Å²) in [5.41, 5.74) is 0.823. The van der Waals surface area contributed by atoms with Gasteiger partial charge in [-0.1, -0.05) is 13.0 Å². The number of aliphatic hydroxyl groups excluding tert-OH is 1. The highest BCUT2D eigenvalue weighted by molar-refractivity contribution is 6.09. The first-order valence-electron chi connectivity index (χ1n) is 9.02. The second-order valence-corrected chi connectivity index (χ2v) is 6.38. The number of aromatic nitrogens is 1. The molecule has 1 amide bonds. The lowest BCUT2D eigenvalue weighted by Crippen LogP contribution is -2.29. The van der Waals surface area contributed by atoms with Crippen LogP contribution in [0.2, 0.25) is 0 Å². The van der Waals surface area contributed by atoms with E-state index in [0.29, 0.717) is 12.8 Å². The number of halogens is 1. The molecule has 0 aliphatic rings. The lowest BCUT2D eigenvalue weighted by Gasteiger charge is -2.17. The Balaban J connectivity index is 2.12. The van der Waals surface area contributed by atoms with Crippen LogP contribution in [0.1, 0.15) is 29.3 Å². The molecule has 0 saturated carbocycles. The summed E-state index contributed by atoms with van der Waals surface area (Å²) >= 11 is 0. The highest BCUT2D eigenvalue weighted by Crippen LogP contribution is 2.28. The summed E-state index contributed by atoms with van der Waals surface area (Å²) in [5, 5.41) is 14.7. The van der Waals surface area contributed by atoms with Crippen molar-refractivity contribution in [3.8, 4) is 0 Å². The van der Waals surface area contributed by atoms with Gasteiger partial charge in [0.25, 0.3) is 11.5 Å². The van der Waals surface area contributed by atoms with Crippen molar-refractivity contribution < 1.29 is 18.7 Å². The first kappa shape index (κ1) is 19.6. The molecule has 0 aliphatic carbocycles. The molecule has 0 radical (unpaired) electrons. The molecule has 3 N–H and O–H groups in total. The number of aryl methyl sites for hydroxylation is 1. The van der Waals surface area contributed by atoms with Gasteiger partial charge in [-0.3, -0.25) is 14.2 Å². The summed E-state index contributed by atoms with van der Waals surface area (Å²) in [6.07, 6.45) is 2.40. The maximum absolute atomic E-state index is 14.5. The van der Waals surface area contributed by atoms with Crippen LogP contribution in [-0.2, 0) is 13.5 Å². The molecule has 0 bridgehead atoms. The van der Waals surface area contributed by atoms with Gasteiger partial charge in [-0.05, 0) is 36.6 Å². The summed E-state index contributed by atoms with van der Waals surface area (Å²) in [6.45, 7) is 2.11. The minimum atomic E-state index is -0.489. The van der Waals surface area contributed by atoms with E-state index >= 15 is 0 Å². The van der Waals surface area contributed by atoms with E-state index in [1.54, 1.807) is 12.1 Å². The number of benzene rings is 1. The third-order valence-corrected chi connectivity index (χ3v) is 4.54. The van der Waals surface area contributed by atoms with Crippen molar-refractivity contribution in [3.63, 3.8) is 0 Å². The van der Waals surface area contributed by atoms with Gasteiger partial charge in [0.15, 0.2) is 5.58 Å². The lowest BCUT2D eigenvalue weighted by atomic mass is 10.1. The summed E-state index contributed by atoms with van der Waals surface area (Å²) in [5.74, 6) is -0.854. The molecular weight excluding hydrogens is 365 g/mol. The molecule has 2 aromatic heterocycles. The molecule has 0 aliphatic heterocycles. The minimum absolute atomic E-state index is 0.0657. The third-order valence-electron chi connectivity index (χ3n) is 4.54. The van der Waals surface area contributed by atoms with Crippen molar-refractivity contribution in [1.29, 1.82) is 0 Å². The van der Waals surface area contributed by atoms with Crippen molar-refractivity contribution in [2.75, 3.05) is 18.5 Å². The van der Waals surface area contributed by atoms with Crippen molar-refractivity contribution in [3.05, 3.63) is 57.8 Å². The zero-order chi connectivity index (χ0) is 20.3. The highest BCUT2D eigenvalue weighted by atomic mass is 19.1. The molecule has 148 valence electrons. The Kier molecular flexibility index (Phi) is 5.79. The number of furan rings is 1. The monoisotopic (exact) mass is 387 g/mol. The van der Waals surface area contributed by atoms with Gasteiger partial charge in [-0.2, -0.15) is 0 Å². The molecule has 7 nitrogen and oxygen atoms in total. The van der Waals surface area contributed by atoms with Gasteiger partial charge in [0.1, 0.15) is 17.2 Å². The number of rotatable bonds is 7. The quantitative estimate of drug-likeness (QED) is 0.542. The van der Waals surface area contributed by atoms with E-state index in [0.717, 1.165) is 5.56 Å². The number of fused-ring (bicyclic) bond motifs is 1. The average Bonchev–Trinajstić information content (AvgIpc) is 3.17. The van der Waals surface area contributed by atoms with Crippen LogP contribution in [-0.4, -0.2) is 28.7 Å². The van der Waals surface area contributed by atoms with Gasteiger partial charge in [0, 0.05) is 20.2 Å². The van der Waals surface area contributed by atoms with Crippen LogP contribution in [0.3, 0.4) is 0 Å². The highest BCUT2D eigenvalue weighted by Gasteiger charge is 2.23. The summed E-state index contributed by atoms with van der Waals surface area (Å²) in [4.78, 5) is 25.4. The van der Waals surface area contributed by atoms with E-state index in [1.165, 1.54) is 30.0 Å². The van der Waals surface area contributed by atoms with Crippen LogP contribution in [0.15, 0.2) is 39.7 Å². The number of anilines is 2. The van der Waals surface area contributed by atoms with E-state index in [9.17, 15) is 14.0 Å². The molecule has 0 saturated heterocycles. The number of carbonyl (C=O) groups is 1. The summed E-state index contributed by atoms with van der Waals surface area (Å²) in [6, 6.07) is 6.24. The van der Waals surface area contributed by atoms with Crippen molar-refractivity contribution in [2.45, 2.75) is 19.8 Å². The molecule has 8 heteroatoms. The molecule has 28 heavy (non-hydrogen) atoms. The zero-order valence-electron chi connectivity index (χ0n) is 15.7. The number of nitrogens with one attached hydrogen (secondary N) is 2. The second kappa shape index (κ2) is 8.26. The fraction of sp³-hybridized carbons (Fsp3) is 0.300. The zero-order valence-corrected chi connectivity index (χ0v) is 15.7. The van der Waals surface area contributed by atoms with E-state index < -0.39 is 11.7 Å². The number of carbonyl (C=O) groups excluding carboxylic acids is 1. The molecule has 0 fully saturated rings. The van der Waals surface area contributed by atoms with Crippen LogP contribution >= 0.6 is 0 Å². The summed E-state index contributed by atoms with van der Waals surface area (Å²) < 4.78 is 21.1. The normalized spacial score (nSPS) is 11.0. The van der Waals surface area contributed by atoms with E-state index in [2.05, 4.69) is 10.6 Å². The average molecular weight is 387 g/mol. The number of nitrogens with zero attached hydrogens (tertiary/aromatic N) is 1. The van der Waals surface area contributed by atoms with Gasteiger partial charge >= 0.3 is 0 Å². The Morgan fingerprint density at radius 2 is 2.11 bits per heavy atom. The number of pyridine rings is 1. The Morgan fingerprint density at radius 3 is 2.79 bits per heavy atom. The Hall–Kier alpha value is -3.13. The maximum Gasteiger partial charge on any atom is 0.263 e. The SMILES string of the molecule is CCc1ccc(Nc2c(C(=O)NCCCO)c3occc3c(=O)n2C)c(F)c1. The number of amides is 1. The fourth-order valence-electron chi connectivity index (χ4n) is 2.96. The molecule has 2 heterocycles. The van der Waals surface area contributed by atoms with Gasteiger partial charge in [0.05, 0.1) is 17.3 Å². The van der Waals surface area contributed by atoms with Crippen molar-refractivity contribution >= 4 is 28.4 Å². The van der Waals surface area contributed by atoms with Gasteiger partial charge in [-0.15, -0.1) is 0 Å². The van der Waals surface area contributed by atoms with Crippen molar-refractivity contribution in [1.82, 2.24) is 9.88 Å². The Morgan fingerprint density at radius 1 is 1.32 bits per heavy atom. The Labute approximate surface area is 160 Å². The fourth-order valence-corrected chi connectivity index (χ4v) is 2.96. The maximum atomic E-state index is 14.5. The lowest BCUT2D eigenvalue weighted by molar-refractivity contribution is 0.0952. The van der Waals surface area contributed by atoms with Crippen LogP contribution in [0.4, 0.5) is 15.9 Å². The largest absolute Gasteiger partial charge is 0.463 e. The van der Waals surface area contributed by atoms with Crippen LogP contribution in [0, 0.1) is 5.82 Å².